The van der Waals surface area contributed by atoms with E-state index < -0.39 is 51.9 Å². The third-order valence-corrected chi connectivity index (χ3v) is 4.33. The van der Waals surface area contributed by atoms with Crippen molar-refractivity contribution >= 4 is 29.2 Å². The Kier molecular flexibility index (Phi) is 3.48. The van der Waals surface area contributed by atoms with Crippen molar-refractivity contribution in [2.45, 2.75) is 12.2 Å². The molecule has 0 aliphatic carbocycles. The molecule has 0 saturated heterocycles. The van der Waals surface area contributed by atoms with Crippen LogP contribution in [0.5, 0.6) is 11.5 Å². The number of rotatable bonds is 1. The summed E-state index contributed by atoms with van der Waals surface area (Å²) in [5.41, 5.74) is 3.92. The standard InChI is InChI=1S/C15H6ClF4N3O5/c16-5-2-7-8(28-15(19,20)14(17,18)27-7)3-6(5)23-9(24)1-4-10(11(23)21)13(26)22-12(4)25/h1-3H,21H2,(H,22,25,26). The number of carbonyl (C=O) groups is 2. The van der Waals surface area contributed by atoms with Gasteiger partial charge in [-0.25, -0.2) is 0 Å². The number of hydrogen-bond acceptors (Lipinski definition) is 6. The van der Waals surface area contributed by atoms with Crippen LogP contribution in [0.3, 0.4) is 0 Å². The number of anilines is 1. The predicted octanol–water partition coefficient (Wildman–Crippen LogP) is 1.91. The first-order valence-corrected chi connectivity index (χ1v) is 7.69. The first kappa shape index (κ1) is 18.1. The summed E-state index contributed by atoms with van der Waals surface area (Å²) in [5, 5.41) is 1.54. The van der Waals surface area contributed by atoms with Gasteiger partial charge in [-0.15, -0.1) is 0 Å². The van der Waals surface area contributed by atoms with Gasteiger partial charge in [-0.2, -0.15) is 17.6 Å². The zero-order chi connectivity index (χ0) is 20.6. The average Bonchev–Trinajstić information content (AvgIpc) is 2.83. The predicted molar refractivity (Wildman–Crippen MR) is 84.4 cm³/mol. The molecular weight excluding hydrogens is 414 g/mol. The van der Waals surface area contributed by atoms with E-state index in [1.165, 1.54) is 0 Å². The summed E-state index contributed by atoms with van der Waals surface area (Å²) >= 11 is 5.97. The molecule has 1 aromatic heterocycles. The summed E-state index contributed by atoms with van der Waals surface area (Å²) in [4.78, 5) is 35.9. The van der Waals surface area contributed by atoms with Crippen LogP contribution in [-0.2, 0) is 0 Å². The zero-order valence-electron chi connectivity index (χ0n) is 13.2. The van der Waals surface area contributed by atoms with Crippen molar-refractivity contribution in [3.63, 3.8) is 0 Å². The van der Waals surface area contributed by atoms with Crippen molar-refractivity contribution in [2.75, 3.05) is 5.73 Å². The molecule has 2 aliphatic heterocycles. The number of aromatic nitrogens is 1. The van der Waals surface area contributed by atoms with Gasteiger partial charge in [-0.05, 0) is 0 Å². The minimum Gasteiger partial charge on any atom is -0.421 e. The Hall–Kier alpha value is -3.28. The number of carbonyl (C=O) groups excluding carboxylic acids is 2. The van der Waals surface area contributed by atoms with Gasteiger partial charge in [0.1, 0.15) is 5.82 Å². The van der Waals surface area contributed by atoms with Crippen molar-refractivity contribution in [3.8, 4) is 17.2 Å². The summed E-state index contributed by atoms with van der Waals surface area (Å²) in [7, 11) is 0. The SMILES string of the molecule is Nc1c2c(cc(=O)n1-c1cc3c(cc1Cl)OC(F)(F)C(F)(F)O3)C(=O)NC2=O. The molecule has 0 fully saturated rings. The first-order chi connectivity index (χ1) is 12.9. The molecule has 0 atom stereocenters. The van der Waals surface area contributed by atoms with E-state index in [2.05, 4.69) is 9.47 Å². The van der Waals surface area contributed by atoms with Crippen LogP contribution in [0, 0.1) is 0 Å². The number of fused-ring (bicyclic) bond motifs is 2. The number of alkyl halides is 4. The van der Waals surface area contributed by atoms with E-state index in [4.69, 9.17) is 17.3 Å². The van der Waals surface area contributed by atoms with Gasteiger partial charge in [0.05, 0.1) is 21.8 Å². The second-order valence-electron chi connectivity index (χ2n) is 5.76. The summed E-state index contributed by atoms with van der Waals surface area (Å²) < 4.78 is 62.0. The summed E-state index contributed by atoms with van der Waals surface area (Å²) in [6.07, 6.45) is -9.95. The summed E-state index contributed by atoms with van der Waals surface area (Å²) in [6, 6.07) is 2.24. The van der Waals surface area contributed by atoms with Crippen molar-refractivity contribution < 1.29 is 36.6 Å². The average molecular weight is 420 g/mol. The Bertz CT molecular complexity index is 1150. The zero-order valence-corrected chi connectivity index (χ0v) is 13.9. The van der Waals surface area contributed by atoms with Gasteiger partial charge in [-0.3, -0.25) is 24.3 Å². The summed E-state index contributed by atoms with van der Waals surface area (Å²) in [6.45, 7) is 0. The topological polar surface area (TPSA) is 113 Å². The number of hydrogen-bond donors (Lipinski definition) is 2. The van der Waals surface area contributed by atoms with Crippen molar-refractivity contribution in [2.24, 2.45) is 0 Å². The van der Waals surface area contributed by atoms with Gasteiger partial charge >= 0.3 is 12.2 Å². The Morgan fingerprint density at radius 3 is 2.14 bits per heavy atom. The molecule has 2 aromatic rings. The minimum absolute atomic E-state index is 0.274. The van der Waals surface area contributed by atoms with Crippen molar-refractivity contribution in [3.05, 3.63) is 44.7 Å². The van der Waals surface area contributed by atoms with Crippen LogP contribution in [0.2, 0.25) is 5.02 Å². The third kappa shape index (κ3) is 2.34. The Morgan fingerprint density at radius 2 is 1.54 bits per heavy atom. The van der Waals surface area contributed by atoms with E-state index >= 15 is 0 Å². The summed E-state index contributed by atoms with van der Waals surface area (Å²) in [5.74, 6) is -3.88. The molecule has 0 radical (unpaired) electrons. The molecule has 0 unspecified atom stereocenters. The lowest BCUT2D eigenvalue weighted by Gasteiger charge is -2.32. The van der Waals surface area contributed by atoms with Crippen LogP contribution < -0.4 is 26.1 Å². The highest BCUT2D eigenvalue weighted by molar-refractivity contribution is 6.32. The van der Waals surface area contributed by atoms with Gasteiger partial charge in [-0.1, -0.05) is 11.6 Å². The number of amides is 2. The highest BCUT2D eigenvalue weighted by Gasteiger charge is 2.66. The molecule has 3 N–H and O–H groups in total. The highest BCUT2D eigenvalue weighted by Crippen LogP contribution is 2.49. The van der Waals surface area contributed by atoms with E-state index in [9.17, 15) is 31.9 Å². The molecule has 8 nitrogen and oxygen atoms in total. The molecule has 28 heavy (non-hydrogen) atoms. The normalized spacial score (nSPS) is 18.6. The number of pyridine rings is 1. The molecule has 13 heteroatoms. The molecule has 4 rings (SSSR count). The number of nitrogen functional groups attached to an aromatic ring is 1. The maximum Gasteiger partial charge on any atom is 0.507 e. The van der Waals surface area contributed by atoms with Crippen LogP contribution in [0.25, 0.3) is 5.69 Å². The lowest BCUT2D eigenvalue weighted by atomic mass is 10.1. The first-order valence-electron chi connectivity index (χ1n) is 7.32. The number of halogens is 5. The second-order valence-corrected chi connectivity index (χ2v) is 6.17. The number of nitrogens with one attached hydrogen (secondary N) is 1. The van der Waals surface area contributed by atoms with Gasteiger partial charge in [0.2, 0.25) is 0 Å². The van der Waals surface area contributed by atoms with Crippen LogP contribution in [0.4, 0.5) is 23.4 Å². The number of ether oxygens (including phenoxy) is 2. The minimum atomic E-state index is -4.99. The fourth-order valence-corrected chi connectivity index (χ4v) is 3.02. The largest absolute Gasteiger partial charge is 0.507 e. The fourth-order valence-electron chi connectivity index (χ4n) is 2.78. The Labute approximate surface area is 156 Å². The van der Waals surface area contributed by atoms with Gasteiger partial charge < -0.3 is 15.2 Å². The molecule has 1 aromatic carbocycles. The van der Waals surface area contributed by atoms with Crippen molar-refractivity contribution in [1.29, 1.82) is 0 Å². The molecule has 0 bridgehead atoms. The molecular formula is C15H6ClF4N3O5. The molecule has 3 heterocycles. The van der Waals surface area contributed by atoms with Crippen molar-refractivity contribution in [1.82, 2.24) is 9.88 Å². The van der Waals surface area contributed by atoms with Gasteiger partial charge in [0.25, 0.3) is 17.4 Å². The highest BCUT2D eigenvalue weighted by atomic mass is 35.5. The molecule has 0 saturated carbocycles. The number of imide groups is 1. The van der Waals surface area contributed by atoms with Crippen LogP contribution >= 0.6 is 11.6 Å². The Morgan fingerprint density at radius 1 is 0.964 bits per heavy atom. The van der Waals surface area contributed by atoms with Gasteiger partial charge in [0.15, 0.2) is 11.5 Å². The number of nitrogens with two attached hydrogens (primary N) is 1. The van der Waals surface area contributed by atoms with E-state index in [0.717, 1.165) is 18.2 Å². The molecule has 0 spiro atoms. The van der Waals surface area contributed by atoms with E-state index in [1.54, 1.807) is 0 Å². The third-order valence-electron chi connectivity index (χ3n) is 4.02. The van der Waals surface area contributed by atoms with E-state index in [1.807, 2.05) is 5.32 Å². The number of nitrogens with zero attached hydrogens (tertiary/aromatic N) is 1. The lowest BCUT2D eigenvalue weighted by molar-refractivity contribution is -0.391. The second kappa shape index (κ2) is 5.38. The maximum absolute atomic E-state index is 13.4. The quantitative estimate of drug-likeness (QED) is 0.539. The smallest absolute Gasteiger partial charge is 0.421 e. The lowest BCUT2D eigenvalue weighted by Crippen LogP contribution is -2.52. The van der Waals surface area contributed by atoms with E-state index in [-0.39, 0.29) is 16.8 Å². The monoisotopic (exact) mass is 419 g/mol. The van der Waals surface area contributed by atoms with Crippen LogP contribution in [-0.4, -0.2) is 28.6 Å². The number of benzene rings is 1. The maximum atomic E-state index is 13.4. The molecule has 2 aliphatic rings. The van der Waals surface area contributed by atoms with E-state index in [0.29, 0.717) is 4.57 Å². The Balaban J connectivity index is 1.94. The van der Waals surface area contributed by atoms with Gasteiger partial charge in [0, 0.05) is 18.2 Å². The molecule has 146 valence electrons. The van der Waals surface area contributed by atoms with Crippen LogP contribution in [0.15, 0.2) is 23.0 Å². The molecule has 2 amide bonds. The van der Waals surface area contributed by atoms with Crippen LogP contribution in [0.1, 0.15) is 20.7 Å². The fraction of sp³-hybridized carbons (Fsp3) is 0.133.